The smallest absolute Gasteiger partial charge is 0.245 e. The number of hydrogen-bond donors (Lipinski definition) is 0. The highest BCUT2D eigenvalue weighted by molar-refractivity contribution is 8.15. The molecule has 0 aromatic heterocycles. The predicted molar refractivity (Wildman–Crippen MR) is 130 cm³/mol. The van der Waals surface area contributed by atoms with Gasteiger partial charge in [0.25, 0.3) is 0 Å². The number of hydrogen-bond acceptors (Lipinski definition) is 4. The Labute approximate surface area is 190 Å². The summed E-state index contributed by atoms with van der Waals surface area (Å²) in [5, 5.41) is 4.53. The molecule has 32 heavy (non-hydrogen) atoms. The maximum Gasteiger partial charge on any atom is 0.356 e. The molecular weight excluding hydrogens is 440 g/mol. The Morgan fingerprint density at radius 3 is 1.47 bits per heavy atom. The van der Waals surface area contributed by atoms with Gasteiger partial charge in [-0.15, -0.1) is 0 Å². The van der Waals surface area contributed by atoms with Crippen LogP contribution in [0.25, 0.3) is 21.5 Å². The van der Waals surface area contributed by atoms with Gasteiger partial charge in [-0.25, -0.2) is 19.4 Å². The van der Waals surface area contributed by atoms with Crippen molar-refractivity contribution >= 4 is 78.8 Å². The molecule has 4 aromatic carbocycles. The summed E-state index contributed by atoms with van der Waals surface area (Å²) >= 11 is 2.63. The van der Waals surface area contributed by atoms with Crippen molar-refractivity contribution in [3.8, 4) is 0 Å². The van der Waals surface area contributed by atoms with E-state index in [0.29, 0.717) is 10.3 Å². The molecule has 3 aliphatic rings. The summed E-state index contributed by atoms with van der Waals surface area (Å²) in [6, 6.07) is 22.7. The van der Waals surface area contributed by atoms with Crippen LogP contribution in [0.5, 0.6) is 0 Å². The standard InChI is InChI=1S/C24H12N4O2S2/c29-21-25-24-28(20-16-8-4-2-6-14(16)10-12-18(20)32-24)22(30)26-23-27(21)19-15-7-3-1-5-13(15)9-11-17(19)31-23/h1-12H/b25-24+,26-23+. The van der Waals surface area contributed by atoms with Gasteiger partial charge in [-0.05, 0) is 46.4 Å². The number of amidine groups is 2. The van der Waals surface area contributed by atoms with Crippen molar-refractivity contribution in [3.63, 3.8) is 0 Å². The summed E-state index contributed by atoms with van der Waals surface area (Å²) in [4.78, 5) is 40.3. The Kier molecular flexibility index (Phi) is 3.62. The zero-order valence-electron chi connectivity index (χ0n) is 16.4. The van der Waals surface area contributed by atoms with E-state index in [-0.39, 0.29) is 0 Å². The van der Waals surface area contributed by atoms with Gasteiger partial charge in [-0.3, -0.25) is 0 Å². The third kappa shape index (κ3) is 2.39. The first-order valence-electron chi connectivity index (χ1n) is 9.94. The Morgan fingerprint density at radius 1 is 0.562 bits per heavy atom. The van der Waals surface area contributed by atoms with Crippen LogP contribution < -0.4 is 9.80 Å². The van der Waals surface area contributed by atoms with Crippen LogP contribution in [0.2, 0.25) is 0 Å². The molecule has 3 aliphatic heterocycles. The Bertz CT molecular complexity index is 1470. The molecule has 3 heterocycles. The maximum absolute atomic E-state index is 13.4. The molecule has 7 rings (SSSR count). The number of carbonyl (C=O) groups excluding carboxylic acids is 2. The first kappa shape index (κ1) is 18.0. The van der Waals surface area contributed by atoms with Crippen molar-refractivity contribution in [2.24, 2.45) is 9.98 Å². The fourth-order valence-electron chi connectivity index (χ4n) is 4.34. The third-order valence-corrected chi connectivity index (χ3v) is 7.74. The van der Waals surface area contributed by atoms with Gasteiger partial charge in [0, 0.05) is 20.6 Å². The van der Waals surface area contributed by atoms with Crippen LogP contribution in [0.1, 0.15) is 0 Å². The summed E-state index contributed by atoms with van der Waals surface area (Å²) in [5.74, 6) is 0. The van der Waals surface area contributed by atoms with E-state index in [1.165, 1.54) is 33.3 Å². The topological polar surface area (TPSA) is 65.3 Å². The molecule has 0 bridgehead atoms. The number of aliphatic imine (C=N–C) groups is 2. The second kappa shape index (κ2) is 6.44. The lowest BCUT2D eigenvalue weighted by atomic mass is 10.1. The fourth-order valence-corrected chi connectivity index (χ4v) is 6.37. The molecule has 0 fully saturated rings. The third-order valence-electron chi connectivity index (χ3n) is 5.72. The van der Waals surface area contributed by atoms with Crippen molar-refractivity contribution in [1.29, 1.82) is 0 Å². The number of anilines is 2. The van der Waals surface area contributed by atoms with Crippen LogP contribution >= 0.6 is 23.5 Å². The van der Waals surface area contributed by atoms with E-state index in [4.69, 9.17) is 0 Å². The van der Waals surface area contributed by atoms with E-state index in [2.05, 4.69) is 9.98 Å². The molecule has 4 amide bonds. The highest BCUT2D eigenvalue weighted by Gasteiger charge is 2.41. The van der Waals surface area contributed by atoms with Crippen molar-refractivity contribution in [1.82, 2.24) is 0 Å². The van der Waals surface area contributed by atoms with Gasteiger partial charge in [0.15, 0.2) is 10.3 Å². The van der Waals surface area contributed by atoms with Crippen LogP contribution in [-0.2, 0) is 0 Å². The van der Waals surface area contributed by atoms with Crippen LogP contribution in [0.3, 0.4) is 0 Å². The molecule has 0 saturated carbocycles. The summed E-state index contributed by atoms with van der Waals surface area (Å²) in [7, 11) is 0. The Morgan fingerprint density at radius 2 is 1.00 bits per heavy atom. The number of thioether (sulfide) groups is 2. The molecule has 152 valence electrons. The molecule has 0 radical (unpaired) electrons. The summed E-state index contributed by atoms with van der Waals surface area (Å²) < 4.78 is 0. The van der Waals surface area contributed by atoms with Gasteiger partial charge < -0.3 is 0 Å². The lowest BCUT2D eigenvalue weighted by Crippen LogP contribution is -2.39. The predicted octanol–water partition coefficient (Wildman–Crippen LogP) is 6.48. The highest BCUT2D eigenvalue weighted by Crippen LogP contribution is 2.49. The quantitative estimate of drug-likeness (QED) is 0.306. The maximum atomic E-state index is 13.4. The van der Waals surface area contributed by atoms with Crippen molar-refractivity contribution in [3.05, 3.63) is 72.8 Å². The molecule has 0 unspecified atom stereocenters. The molecule has 6 nitrogen and oxygen atoms in total. The Hall–Kier alpha value is -3.62. The number of nitrogens with zero attached hydrogens (tertiary/aromatic N) is 4. The average Bonchev–Trinajstić information content (AvgIpc) is 3.36. The number of amides is 4. The molecule has 0 N–H and O–H groups in total. The number of benzene rings is 4. The highest BCUT2D eigenvalue weighted by atomic mass is 32.2. The number of fused-ring (bicyclic) bond motifs is 10. The first-order chi connectivity index (χ1) is 15.7. The van der Waals surface area contributed by atoms with Crippen LogP contribution in [0.4, 0.5) is 21.0 Å². The monoisotopic (exact) mass is 452 g/mol. The largest absolute Gasteiger partial charge is 0.356 e. The fraction of sp³-hybridized carbons (Fsp3) is 0. The van der Waals surface area contributed by atoms with Crippen LogP contribution in [-0.4, -0.2) is 22.4 Å². The average molecular weight is 453 g/mol. The van der Waals surface area contributed by atoms with Gasteiger partial charge in [-0.2, -0.15) is 9.98 Å². The zero-order chi connectivity index (χ0) is 21.4. The lowest BCUT2D eigenvalue weighted by molar-refractivity contribution is 0.255. The number of urea groups is 2. The lowest BCUT2D eigenvalue weighted by Gasteiger charge is -2.22. The van der Waals surface area contributed by atoms with E-state index in [1.807, 2.05) is 72.8 Å². The van der Waals surface area contributed by atoms with Gasteiger partial charge >= 0.3 is 12.1 Å². The van der Waals surface area contributed by atoms with E-state index in [9.17, 15) is 9.59 Å². The molecule has 0 atom stereocenters. The molecule has 0 saturated heterocycles. The van der Waals surface area contributed by atoms with Crippen molar-refractivity contribution < 1.29 is 9.59 Å². The summed E-state index contributed by atoms with van der Waals surface area (Å²) in [6.45, 7) is 0. The van der Waals surface area contributed by atoms with Gasteiger partial charge in [0.05, 0.1) is 11.4 Å². The van der Waals surface area contributed by atoms with Gasteiger partial charge in [0.2, 0.25) is 0 Å². The Balaban J connectivity index is 1.43. The molecule has 8 heteroatoms. The van der Waals surface area contributed by atoms with E-state index in [0.717, 1.165) is 42.7 Å². The van der Waals surface area contributed by atoms with E-state index >= 15 is 0 Å². The molecular formula is C24H12N4O2S2. The zero-order valence-corrected chi connectivity index (χ0v) is 18.0. The number of carbonyl (C=O) groups is 2. The molecule has 0 aliphatic carbocycles. The van der Waals surface area contributed by atoms with Crippen molar-refractivity contribution in [2.75, 3.05) is 9.80 Å². The minimum atomic E-state index is -0.455. The molecule has 0 spiro atoms. The van der Waals surface area contributed by atoms with Crippen LogP contribution in [0, 0.1) is 0 Å². The van der Waals surface area contributed by atoms with Gasteiger partial charge in [0.1, 0.15) is 0 Å². The summed E-state index contributed by atoms with van der Waals surface area (Å²) in [6.07, 6.45) is 0. The van der Waals surface area contributed by atoms with Crippen LogP contribution in [0.15, 0.2) is 92.6 Å². The summed E-state index contributed by atoms with van der Waals surface area (Å²) in [5.41, 5.74) is 1.46. The second-order valence-corrected chi connectivity index (χ2v) is 9.51. The second-order valence-electron chi connectivity index (χ2n) is 7.50. The van der Waals surface area contributed by atoms with E-state index in [1.54, 1.807) is 0 Å². The normalized spacial score (nSPS) is 20.1. The number of rotatable bonds is 0. The minimum Gasteiger partial charge on any atom is -0.245 e. The first-order valence-corrected chi connectivity index (χ1v) is 11.6. The minimum absolute atomic E-state index is 0.327. The molecule has 4 aromatic rings. The van der Waals surface area contributed by atoms with Crippen molar-refractivity contribution in [2.45, 2.75) is 9.79 Å². The SMILES string of the molecule is O=C1/N=C2/Sc3ccc4ccccc4c3N2C(=O)/N=C2/Sc3ccc4ccccc4c3N12. The van der Waals surface area contributed by atoms with Gasteiger partial charge in [-0.1, -0.05) is 60.7 Å². The van der Waals surface area contributed by atoms with E-state index < -0.39 is 12.1 Å².